The van der Waals surface area contributed by atoms with Gasteiger partial charge in [0.2, 0.25) is 0 Å². The second kappa shape index (κ2) is 9.65. The van der Waals surface area contributed by atoms with Crippen molar-refractivity contribution in [2.24, 2.45) is 5.92 Å². The van der Waals surface area contributed by atoms with E-state index in [0.29, 0.717) is 31.4 Å². The van der Waals surface area contributed by atoms with Gasteiger partial charge in [-0.2, -0.15) is 0 Å². The van der Waals surface area contributed by atoms with Crippen molar-refractivity contribution in [3.05, 3.63) is 29.8 Å². The van der Waals surface area contributed by atoms with Crippen LogP contribution in [0.25, 0.3) is 0 Å². The third kappa shape index (κ3) is 8.14. The van der Waals surface area contributed by atoms with Crippen molar-refractivity contribution in [1.29, 1.82) is 0 Å². The van der Waals surface area contributed by atoms with E-state index in [4.69, 9.17) is 9.47 Å². The maximum absolute atomic E-state index is 11.6. The highest BCUT2D eigenvalue weighted by atomic mass is 16.5. The maximum atomic E-state index is 11.6. The molecule has 0 heterocycles. The lowest BCUT2D eigenvalue weighted by molar-refractivity contribution is -0.123. The summed E-state index contributed by atoms with van der Waals surface area (Å²) in [5.41, 5.74) is 1.13. The van der Waals surface area contributed by atoms with Gasteiger partial charge in [0.1, 0.15) is 5.75 Å². The van der Waals surface area contributed by atoms with E-state index in [2.05, 4.69) is 10.6 Å². The van der Waals surface area contributed by atoms with Gasteiger partial charge in [-0.15, -0.1) is 0 Å². The molecule has 2 amide bonds. The Morgan fingerprint density at radius 2 is 1.73 bits per heavy atom. The second-order valence-electron chi connectivity index (χ2n) is 5.37. The van der Waals surface area contributed by atoms with Gasteiger partial charge in [0, 0.05) is 13.1 Å². The van der Waals surface area contributed by atoms with Gasteiger partial charge < -0.3 is 20.1 Å². The minimum Gasteiger partial charge on any atom is -0.484 e. The predicted molar refractivity (Wildman–Crippen MR) is 83.9 cm³/mol. The Kier molecular flexibility index (Phi) is 7.81. The molecule has 0 radical (unpaired) electrons. The summed E-state index contributed by atoms with van der Waals surface area (Å²) in [4.78, 5) is 22.8. The molecular formula is C16H24N2O4. The predicted octanol–water partition coefficient (Wildman–Crippen LogP) is 1.87. The minimum atomic E-state index is -0.473. The van der Waals surface area contributed by atoms with Crippen LogP contribution in [0, 0.1) is 12.8 Å². The molecule has 0 aromatic heterocycles. The normalized spacial score (nSPS) is 10.2. The largest absolute Gasteiger partial charge is 0.484 e. The van der Waals surface area contributed by atoms with Gasteiger partial charge in [-0.3, -0.25) is 4.79 Å². The number of hydrogen-bond donors (Lipinski definition) is 2. The molecule has 1 aromatic carbocycles. The van der Waals surface area contributed by atoms with Crippen molar-refractivity contribution in [1.82, 2.24) is 10.6 Å². The molecule has 6 nitrogen and oxygen atoms in total. The van der Waals surface area contributed by atoms with E-state index in [1.165, 1.54) is 0 Å². The molecule has 0 spiro atoms. The molecule has 1 aromatic rings. The number of amides is 2. The van der Waals surface area contributed by atoms with E-state index in [0.717, 1.165) is 5.56 Å². The lowest BCUT2D eigenvalue weighted by atomic mass is 10.2. The Balaban J connectivity index is 2.08. The Morgan fingerprint density at radius 1 is 1.09 bits per heavy atom. The SMILES string of the molecule is Cc1ccc(OCC(=O)NCCNC(=O)OCC(C)C)cc1. The number of carbonyl (C=O) groups excluding carboxylic acids is 2. The molecule has 0 saturated carbocycles. The molecule has 6 heteroatoms. The average Bonchev–Trinajstić information content (AvgIpc) is 2.49. The van der Waals surface area contributed by atoms with Crippen molar-refractivity contribution in [3.63, 3.8) is 0 Å². The first kappa shape index (κ1) is 17.8. The summed E-state index contributed by atoms with van der Waals surface area (Å²) in [6.07, 6.45) is -0.473. The molecule has 1 rings (SSSR count). The monoisotopic (exact) mass is 308 g/mol. The molecule has 0 fully saturated rings. The van der Waals surface area contributed by atoms with Crippen LogP contribution < -0.4 is 15.4 Å². The van der Waals surface area contributed by atoms with Crippen LogP contribution in [0.4, 0.5) is 4.79 Å². The highest BCUT2D eigenvalue weighted by Crippen LogP contribution is 2.10. The number of aryl methyl sites for hydroxylation is 1. The highest BCUT2D eigenvalue weighted by Gasteiger charge is 2.05. The smallest absolute Gasteiger partial charge is 0.407 e. The van der Waals surface area contributed by atoms with Crippen LogP contribution in [0.5, 0.6) is 5.75 Å². The Bertz CT molecular complexity index is 472. The van der Waals surface area contributed by atoms with Gasteiger partial charge in [0.15, 0.2) is 6.61 Å². The zero-order valence-corrected chi connectivity index (χ0v) is 13.3. The van der Waals surface area contributed by atoms with Crippen molar-refractivity contribution < 1.29 is 19.1 Å². The average molecular weight is 308 g/mol. The number of carbonyl (C=O) groups is 2. The molecule has 0 saturated heterocycles. The third-order valence-corrected chi connectivity index (χ3v) is 2.66. The Hall–Kier alpha value is -2.24. The van der Waals surface area contributed by atoms with Crippen LogP contribution >= 0.6 is 0 Å². The molecule has 0 unspecified atom stereocenters. The fraction of sp³-hybridized carbons (Fsp3) is 0.500. The molecule has 0 atom stereocenters. The molecule has 122 valence electrons. The van der Waals surface area contributed by atoms with Crippen LogP contribution in [0.2, 0.25) is 0 Å². The number of hydrogen-bond acceptors (Lipinski definition) is 4. The van der Waals surface area contributed by atoms with Gasteiger partial charge in [0.05, 0.1) is 6.61 Å². The summed E-state index contributed by atoms with van der Waals surface area (Å²) >= 11 is 0. The molecular weight excluding hydrogens is 284 g/mol. The van der Waals surface area contributed by atoms with Crippen LogP contribution in [-0.4, -0.2) is 38.3 Å². The van der Waals surface area contributed by atoms with Gasteiger partial charge in [-0.25, -0.2) is 4.79 Å². The Labute approximate surface area is 131 Å². The highest BCUT2D eigenvalue weighted by molar-refractivity contribution is 5.77. The van der Waals surface area contributed by atoms with Crippen LogP contribution in [0.15, 0.2) is 24.3 Å². The van der Waals surface area contributed by atoms with E-state index in [1.807, 2.05) is 45.0 Å². The molecule has 2 N–H and O–H groups in total. The molecule has 0 bridgehead atoms. The van der Waals surface area contributed by atoms with Gasteiger partial charge in [0.25, 0.3) is 5.91 Å². The van der Waals surface area contributed by atoms with Crippen molar-refractivity contribution in [2.45, 2.75) is 20.8 Å². The number of nitrogens with one attached hydrogen (secondary N) is 2. The van der Waals surface area contributed by atoms with E-state index in [-0.39, 0.29) is 12.5 Å². The van der Waals surface area contributed by atoms with Gasteiger partial charge in [-0.1, -0.05) is 31.5 Å². The quantitative estimate of drug-likeness (QED) is 0.719. The number of rotatable bonds is 8. The van der Waals surface area contributed by atoms with E-state index < -0.39 is 6.09 Å². The second-order valence-corrected chi connectivity index (χ2v) is 5.37. The van der Waals surface area contributed by atoms with E-state index >= 15 is 0 Å². The zero-order valence-electron chi connectivity index (χ0n) is 13.3. The first-order valence-electron chi connectivity index (χ1n) is 7.34. The zero-order chi connectivity index (χ0) is 16.4. The number of alkyl carbamates (subject to hydrolysis) is 1. The fourth-order valence-corrected chi connectivity index (χ4v) is 1.49. The van der Waals surface area contributed by atoms with Gasteiger partial charge >= 0.3 is 6.09 Å². The maximum Gasteiger partial charge on any atom is 0.407 e. The topological polar surface area (TPSA) is 76.7 Å². The lowest BCUT2D eigenvalue weighted by Gasteiger charge is -2.10. The minimum absolute atomic E-state index is 0.0547. The molecule has 0 aliphatic heterocycles. The van der Waals surface area contributed by atoms with Crippen molar-refractivity contribution in [3.8, 4) is 5.75 Å². The molecule has 0 aliphatic carbocycles. The Morgan fingerprint density at radius 3 is 2.36 bits per heavy atom. The third-order valence-electron chi connectivity index (χ3n) is 2.66. The summed E-state index contributed by atoms with van der Waals surface area (Å²) in [6.45, 7) is 6.86. The van der Waals surface area contributed by atoms with Crippen LogP contribution in [0.1, 0.15) is 19.4 Å². The van der Waals surface area contributed by atoms with Gasteiger partial charge in [-0.05, 0) is 25.0 Å². The van der Waals surface area contributed by atoms with E-state index in [1.54, 1.807) is 0 Å². The standard InChI is InChI=1S/C16H24N2O4/c1-12(2)10-22-16(20)18-9-8-17-15(19)11-21-14-6-4-13(3)5-7-14/h4-7,12H,8-11H2,1-3H3,(H,17,19)(H,18,20). The summed E-state index contributed by atoms with van der Waals surface area (Å²) in [6, 6.07) is 7.46. The van der Waals surface area contributed by atoms with Crippen molar-refractivity contribution >= 4 is 12.0 Å². The van der Waals surface area contributed by atoms with Crippen LogP contribution in [-0.2, 0) is 9.53 Å². The molecule has 0 aliphatic rings. The number of ether oxygens (including phenoxy) is 2. The first-order chi connectivity index (χ1) is 10.5. The summed E-state index contributed by atoms with van der Waals surface area (Å²) in [5, 5.41) is 5.21. The summed E-state index contributed by atoms with van der Waals surface area (Å²) < 4.78 is 10.3. The number of benzene rings is 1. The van der Waals surface area contributed by atoms with Crippen LogP contribution in [0.3, 0.4) is 0 Å². The summed E-state index contributed by atoms with van der Waals surface area (Å²) in [5.74, 6) is 0.707. The lowest BCUT2D eigenvalue weighted by Crippen LogP contribution is -2.37. The van der Waals surface area contributed by atoms with Crippen molar-refractivity contribution in [2.75, 3.05) is 26.3 Å². The fourth-order valence-electron chi connectivity index (χ4n) is 1.49. The summed E-state index contributed by atoms with van der Waals surface area (Å²) in [7, 11) is 0. The molecule has 22 heavy (non-hydrogen) atoms. The first-order valence-corrected chi connectivity index (χ1v) is 7.34. The van der Waals surface area contributed by atoms with E-state index in [9.17, 15) is 9.59 Å².